The van der Waals surface area contributed by atoms with Gasteiger partial charge in [0, 0.05) is 43.3 Å². The van der Waals surface area contributed by atoms with Crippen molar-refractivity contribution in [2.24, 2.45) is 5.41 Å². The minimum Gasteiger partial charge on any atom is -0.338 e. The smallest absolute Gasteiger partial charge is 0.256 e. The van der Waals surface area contributed by atoms with E-state index in [-0.39, 0.29) is 5.91 Å². The van der Waals surface area contributed by atoms with Crippen LogP contribution in [0, 0.1) is 16.7 Å². The fourth-order valence-corrected chi connectivity index (χ4v) is 4.40. The van der Waals surface area contributed by atoms with Crippen LogP contribution in [-0.4, -0.2) is 43.8 Å². The van der Waals surface area contributed by atoms with Gasteiger partial charge in [-0.25, -0.2) is 9.97 Å². The largest absolute Gasteiger partial charge is 0.338 e. The van der Waals surface area contributed by atoms with Crippen LogP contribution in [0.2, 0.25) is 0 Å². The summed E-state index contributed by atoms with van der Waals surface area (Å²) in [5.41, 5.74) is 3.48. The van der Waals surface area contributed by atoms with Crippen LogP contribution in [0.25, 0.3) is 11.4 Å². The van der Waals surface area contributed by atoms with Crippen molar-refractivity contribution in [1.29, 1.82) is 5.26 Å². The lowest BCUT2D eigenvalue weighted by molar-refractivity contribution is 0.0647. The maximum atomic E-state index is 13.3. The molecule has 0 bridgehead atoms. The van der Waals surface area contributed by atoms with E-state index in [1.54, 1.807) is 30.6 Å². The lowest BCUT2D eigenvalue weighted by Crippen LogP contribution is -2.43. The number of carbonyl (C=O) groups excluding carboxylic acids is 1. The lowest BCUT2D eigenvalue weighted by atomic mass is 9.75. The first-order valence-electron chi connectivity index (χ1n) is 11.0. The topological polar surface area (TPSA) is 95.7 Å². The number of nitrogens with zero attached hydrogens (tertiary/aromatic N) is 6. The van der Waals surface area contributed by atoms with Gasteiger partial charge >= 0.3 is 0 Å². The molecular formula is C25H24N6O. The van der Waals surface area contributed by atoms with Gasteiger partial charge in [0.1, 0.15) is 12.0 Å². The van der Waals surface area contributed by atoms with Crippen LogP contribution in [0.5, 0.6) is 0 Å². The molecular weight excluding hydrogens is 400 g/mol. The zero-order valence-electron chi connectivity index (χ0n) is 17.8. The minimum absolute atomic E-state index is 0.0753. The Labute approximate surface area is 187 Å². The van der Waals surface area contributed by atoms with E-state index in [0.29, 0.717) is 55.2 Å². The highest BCUT2D eigenvalue weighted by atomic mass is 16.2. The maximum Gasteiger partial charge on any atom is 0.256 e. The van der Waals surface area contributed by atoms with Gasteiger partial charge in [0.2, 0.25) is 0 Å². The standard InChI is InChI=1S/C25H24N6O/c26-16-25(14-18-3-6-21(29-15-18)19-4-5-19)8-12-31(13-9-25)24(32)20-2-1-10-28-23(20)22-7-11-27-17-30-22/h1-3,6-7,10-11,15,17,19H,4-5,8-9,12-14H2. The first-order valence-corrected chi connectivity index (χ1v) is 11.0. The number of piperidine rings is 1. The molecule has 3 aromatic rings. The normalized spacial score (nSPS) is 17.5. The molecule has 5 rings (SSSR count). The molecule has 2 aliphatic rings. The van der Waals surface area contributed by atoms with Gasteiger partial charge < -0.3 is 4.90 Å². The Hall–Kier alpha value is -3.66. The molecule has 4 heterocycles. The van der Waals surface area contributed by atoms with Gasteiger partial charge in [-0.05, 0) is 61.9 Å². The average Bonchev–Trinajstić information content (AvgIpc) is 3.71. The number of rotatable bonds is 5. The van der Waals surface area contributed by atoms with Crippen LogP contribution in [0.1, 0.15) is 53.2 Å². The van der Waals surface area contributed by atoms with E-state index in [4.69, 9.17) is 0 Å². The second kappa shape index (κ2) is 8.46. The van der Waals surface area contributed by atoms with E-state index in [1.807, 2.05) is 11.1 Å². The molecule has 7 heteroatoms. The van der Waals surface area contributed by atoms with Crippen LogP contribution in [0.4, 0.5) is 0 Å². The van der Waals surface area contributed by atoms with Crippen molar-refractivity contribution in [1.82, 2.24) is 24.8 Å². The van der Waals surface area contributed by atoms with Crippen molar-refractivity contribution >= 4 is 5.91 Å². The van der Waals surface area contributed by atoms with Crippen molar-refractivity contribution in [2.75, 3.05) is 13.1 Å². The van der Waals surface area contributed by atoms with E-state index < -0.39 is 5.41 Å². The molecule has 1 aliphatic carbocycles. The third-order valence-electron chi connectivity index (χ3n) is 6.49. The Balaban J connectivity index is 1.29. The SMILES string of the molecule is N#CC1(Cc2ccc(C3CC3)nc2)CCN(C(=O)c2cccnc2-c2ccncn2)CC1. The predicted octanol–water partition coefficient (Wildman–Crippen LogP) is 3.80. The van der Waals surface area contributed by atoms with Crippen molar-refractivity contribution in [3.05, 3.63) is 72.1 Å². The summed E-state index contributed by atoms with van der Waals surface area (Å²) in [6.07, 6.45) is 11.1. The molecule has 0 aromatic carbocycles. The van der Waals surface area contributed by atoms with Crippen LogP contribution < -0.4 is 0 Å². The molecule has 0 unspecified atom stereocenters. The van der Waals surface area contributed by atoms with E-state index in [9.17, 15) is 10.1 Å². The highest BCUT2D eigenvalue weighted by Gasteiger charge is 2.37. The maximum absolute atomic E-state index is 13.3. The fourth-order valence-electron chi connectivity index (χ4n) is 4.40. The van der Waals surface area contributed by atoms with Crippen LogP contribution in [0.15, 0.2) is 55.2 Å². The molecule has 3 aromatic heterocycles. The van der Waals surface area contributed by atoms with Crippen molar-refractivity contribution in [3.63, 3.8) is 0 Å². The van der Waals surface area contributed by atoms with Crippen molar-refractivity contribution < 1.29 is 4.79 Å². The molecule has 32 heavy (non-hydrogen) atoms. The monoisotopic (exact) mass is 424 g/mol. The first kappa shape index (κ1) is 20.3. The van der Waals surface area contributed by atoms with Gasteiger partial charge in [0.15, 0.2) is 0 Å². The summed E-state index contributed by atoms with van der Waals surface area (Å²) in [5.74, 6) is 0.552. The van der Waals surface area contributed by atoms with Crippen molar-refractivity contribution in [3.8, 4) is 17.5 Å². The Morgan fingerprint density at radius 3 is 2.59 bits per heavy atom. The zero-order valence-corrected chi connectivity index (χ0v) is 17.8. The van der Waals surface area contributed by atoms with Gasteiger partial charge in [0.25, 0.3) is 5.91 Å². The van der Waals surface area contributed by atoms with Gasteiger partial charge in [-0.3, -0.25) is 14.8 Å². The van der Waals surface area contributed by atoms with E-state index >= 15 is 0 Å². The van der Waals surface area contributed by atoms with Gasteiger partial charge in [-0.1, -0.05) is 6.07 Å². The molecule has 1 aliphatic heterocycles. The molecule has 0 radical (unpaired) electrons. The Kier molecular flexibility index (Phi) is 5.36. The molecule has 160 valence electrons. The molecule has 0 N–H and O–H groups in total. The summed E-state index contributed by atoms with van der Waals surface area (Å²) in [4.78, 5) is 32.3. The number of pyridine rings is 2. The second-order valence-electron chi connectivity index (χ2n) is 8.72. The summed E-state index contributed by atoms with van der Waals surface area (Å²) in [7, 11) is 0. The van der Waals surface area contributed by atoms with E-state index in [1.165, 1.54) is 19.2 Å². The number of nitriles is 1. The van der Waals surface area contributed by atoms with E-state index in [2.05, 4.69) is 38.1 Å². The van der Waals surface area contributed by atoms with Gasteiger partial charge in [0.05, 0.1) is 22.7 Å². The molecule has 2 fully saturated rings. The number of likely N-dealkylation sites (tertiary alicyclic amines) is 1. The molecule has 0 atom stereocenters. The summed E-state index contributed by atoms with van der Waals surface area (Å²) < 4.78 is 0. The Bertz CT molecular complexity index is 1140. The minimum atomic E-state index is -0.468. The molecule has 0 spiro atoms. The third-order valence-corrected chi connectivity index (χ3v) is 6.49. The highest BCUT2D eigenvalue weighted by molar-refractivity contribution is 5.99. The number of carbonyl (C=O) groups is 1. The number of amides is 1. The first-order chi connectivity index (χ1) is 15.7. The zero-order chi connectivity index (χ0) is 22.0. The summed E-state index contributed by atoms with van der Waals surface area (Å²) >= 11 is 0. The Morgan fingerprint density at radius 1 is 1.09 bits per heavy atom. The molecule has 7 nitrogen and oxygen atoms in total. The van der Waals surface area contributed by atoms with Crippen LogP contribution >= 0.6 is 0 Å². The average molecular weight is 425 g/mol. The van der Waals surface area contributed by atoms with Gasteiger partial charge in [-0.15, -0.1) is 0 Å². The molecule has 1 amide bonds. The summed E-state index contributed by atoms with van der Waals surface area (Å²) in [5, 5.41) is 9.99. The van der Waals surface area contributed by atoms with E-state index in [0.717, 1.165) is 11.3 Å². The van der Waals surface area contributed by atoms with Crippen LogP contribution in [-0.2, 0) is 6.42 Å². The van der Waals surface area contributed by atoms with Crippen LogP contribution in [0.3, 0.4) is 0 Å². The predicted molar refractivity (Wildman–Crippen MR) is 118 cm³/mol. The summed E-state index contributed by atoms with van der Waals surface area (Å²) in [6, 6.07) is 12.1. The quantitative estimate of drug-likeness (QED) is 0.618. The highest BCUT2D eigenvalue weighted by Crippen LogP contribution is 2.39. The van der Waals surface area contributed by atoms with Crippen molar-refractivity contribution in [2.45, 2.75) is 38.0 Å². The molecule has 1 saturated heterocycles. The lowest BCUT2D eigenvalue weighted by Gasteiger charge is -2.37. The fraction of sp³-hybridized carbons (Fsp3) is 0.360. The molecule has 1 saturated carbocycles. The number of hydrogen-bond acceptors (Lipinski definition) is 6. The number of aromatic nitrogens is 4. The third kappa shape index (κ3) is 4.09. The van der Waals surface area contributed by atoms with Gasteiger partial charge in [-0.2, -0.15) is 5.26 Å². The Morgan fingerprint density at radius 2 is 1.94 bits per heavy atom. The summed E-state index contributed by atoms with van der Waals surface area (Å²) in [6.45, 7) is 1.08. The number of hydrogen-bond donors (Lipinski definition) is 0. The second-order valence-corrected chi connectivity index (χ2v) is 8.72.